The summed E-state index contributed by atoms with van der Waals surface area (Å²) >= 11 is 0. The van der Waals surface area contributed by atoms with Gasteiger partial charge in [0.2, 0.25) is 5.95 Å². The first-order chi connectivity index (χ1) is 17.6. The first-order valence-corrected chi connectivity index (χ1v) is 11.9. The molecule has 0 unspecified atom stereocenters. The molecule has 0 bridgehead atoms. The Bertz CT molecular complexity index is 1620. The molecule has 5 heterocycles. The molecule has 10 nitrogen and oxygen atoms in total. The van der Waals surface area contributed by atoms with Gasteiger partial charge in [-0.2, -0.15) is 0 Å². The summed E-state index contributed by atoms with van der Waals surface area (Å²) in [6.45, 7) is 4.41. The van der Waals surface area contributed by atoms with Gasteiger partial charge in [-0.3, -0.25) is 0 Å². The van der Waals surface area contributed by atoms with E-state index in [2.05, 4.69) is 30.2 Å². The fraction of sp³-hybridized carbons (Fsp3) is 0.269. The van der Waals surface area contributed by atoms with E-state index in [-0.39, 0.29) is 5.54 Å². The highest BCUT2D eigenvalue weighted by atomic mass is 16.5. The van der Waals surface area contributed by atoms with Crippen LogP contribution in [0.5, 0.6) is 11.5 Å². The van der Waals surface area contributed by atoms with Crippen molar-refractivity contribution in [2.24, 2.45) is 7.05 Å². The third-order valence-electron chi connectivity index (χ3n) is 7.08. The van der Waals surface area contributed by atoms with Gasteiger partial charge >= 0.3 is 0 Å². The largest absolute Gasteiger partial charge is 0.457 e. The average Bonchev–Trinajstić information content (AvgIpc) is 3.19. The van der Waals surface area contributed by atoms with Crippen molar-refractivity contribution < 1.29 is 9.47 Å². The molecule has 1 spiro atoms. The summed E-state index contributed by atoms with van der Waals surface area (Å²) in [6, 6.07) is 11.9. The maximum absolute atomic E-state index is 6.16. The minimum Gasteiger partial charge on any atom is -0.457 e. The smallest absolute Gasteiger partial charge is 0.226 e. The molecule has 0 radical (unpaired) electrons. The molecule has 7 rings (SSSR count). The van der Waals surface area contributed by atoms with Crippen molar-refractivity contribution in [3.8, 4) is 11.5 Å². The number of aryl methyl sites for hydroxylation is 2. The maximum Gasteiger partial charge on any atom is 0.226 e. The lowest BCUT2D eigenvalue weighted by molar-refractivity contribution is -0.0855. The topological polar surface area (TPSA) is 103 Å². The average molecular weight is 481 g/mol. The van der Waals surface area contributed by atoms with Gasteiger partial charge in [-0.05, 0) is 49.2 Å². The number of nitrogens with one attached hydrogen (secondary N) is 1. The van der Waals surface area contributed by atoms with Gasteiger partial charge in [0.25, 0.3) is 0 Å². The molecule has 0 aliphatic carbocycles. The third-order valence-corrected chi connectivity index (χ3v) is 7.08. The number of fused-ring (bicyclic) bond motifs is 2. The van der Waals surface area contributed by atoms with E-state index in [1.807, 2.05) is 54.9 Å². The van der Waals surface area contributed by atoms with E-state index in [0.717, 1.165) is 60.0 Å². The van der Waals surface area contributed by atoms with E-state index in [0.29, 0.717) is 22.8 Å². The van der Waals surface area contributed by atoms with Crippen molar-refractivity contribution in [1.29, 1.82) is 0 Å². The van der Waals surface area contributed by atoms with E-state index in [1.165, 1.54) is 6.33 Å². The van der Waals surface area contributed by atoms with Gasteiger partial charge in [0.05, 0.1) is 42.3 Å². The minimum atomic E-state index is 0.0605. The molecule has 0 saturated carbocycles. The van der Waals surface area contributed by atoms with Gasteiger partial charge in [-0.25, -0.2) is 24.9 Å². The second kappa shape index (κ2) is 7.85. The SMILES string of the molecule is Cc1cc(Nc2ncnc3cnc(N4CCC45COC5)nc23)ccc1Oc1ccc2c(c1)ncn2C. The predicted molar refractivity (Wildman–Crippen MR) is 136 cm³/mol. The van der Waals surface area contributed by atoms with E-state index in [9.17, 15) is 0 Å². The van der Waals surface area contributed by atoms with Crippen LogP contribution in [0.15, 0.2) is 55.2 Å². The van der Waals surface area contributed by atoms with Crippen LogP contribution in [0.3, 0.4) is 0 Å². The first-order valence-electron chi connectivity index (χ1n) is 11.9. The molecule has 2 aromatic carbocycles. The van der Waals surface area contributed by atoms with Crippen LogP contribution in [0.4, 0.5) is 17.5 Å². The lowest BCUT2D eigenvalue weighted by Crippen LogP contribution is -2.71. The number of anilines is 3. The summed E-state index contributed by atoms with van der Waals surface area (Å²) in [4.78, 5) is 24.9. The normalized spacial score (nSPS) is 16.2. The fourth-order valence-corrected chi connectivity index (χ4v) is 4.84. The Balaban J connectivity index is 1.15. The third kappa shape index (κ3) is 3.33. The lowest BCUT2D eigenvalue weighted by Gasteiger charge is -2.57. The van der Waals surface area contributed by atoms with Crippen LogP contribution < -0.4 is 15.0 Å². The number of benzene rings is 2. The summed E-state index contributed by atoms with van der Waals surface area (Å²) < 4.78 is 13.6. The molecule has 10 heteroatoms. The van der Waals surface area contributed by atoms with Gasteiger partial charge in [0.1, 0.15) is 28.9 Å². The van der Waals surface area contributed by atoms with Crippen LogP contribution in [0.2, 0.25) is 0 Å². The summed E-state index contributed by atoms with van der Waals surface area (Å²) in [5, 5.41) is 3.40. The highest BCUT2D eigenvalue weighted by Gasteiger charge is 2.52. The molecule has 0 atom stereocenters. The Hall–Kier alpha value is -4.31. The molecule has 2 aliphatic rings. The van der Waals surface area contributed by atoms with E-state index in [4.69, 9.17) is 14.5 Å². The van der Waals surface area contributed by atoms with E-state index >= 15 is 0 Å². The Kier molecular flexibility index (Phi) is 4.58. The van der Waals surface area contributed by atoms with Crippen molar-refractivity contribution in [2.75, 3.05) is 30.0 Å². The second-order valence-electron chi connectivity index (χ2n) is 9.46. The van der Waals surface area contributed by atoms with Crippen LogP contribution in [-0.2, 0) is 11.8 Å². The van der Waals surface area contributed by atoms with Crippen LogP contribution in [0.25, 0.3) is 22.1 Å². The van der Waals surface area contributed by atoms with Gasteiger partial charge in [-0.1, -0.05) is 0 Å². The van der Waals surface area contributed by atoms with Gasteiger partial charge in [-0.15, -0.1) is 0 Å². The molecule has 2 saturated heterocycles. The zero-order valence-electron chi connectivity index (χ0n) is 20.0. The predicted octanol–water partition coefficient (Wildman–Crippen LogP) is 4.13. The summed E-state index contributed by atoms with van der Waals surface area (Å²) in [5.41, 5.74) is 5.27. The highest BCUT2D eigenvalue weighted by molar-refractivity contribution is 5.87. The molecule has 2 aliphatic heterocycles. The summed E-state index contributed by atoms with van der Waals surface area (Å²) in [5.74, 6) is 2.85. The van der Waals surface area contributed by atoms with Crippen LogP contribution in [0.1, 0.15) is 12.0 Å². The van der Waals surface area contributed by atoms with Crippen molar-refractivity contribution >= 4 is 39.5 Å². The molecule has 180 valence electrons. The zero-order chi connectivity index (χ0) is 24.3. The number of ether oxygens (including phenoxy) is 2. The van der Waals surface area contributed by atoms with Crippen LogP contribution in [-0.4, -0.2) is 54.8 Å². The number of aromatic nitrogens is 6. The Morgan fingerprint density at radius 3 is 2.72 bits per heavy atom. The van der Waals surface area contributed by atoms with Crippen molar-refractivity contribution in [1.82, 2.24) is 29.5 Å². The second-order valence-corrected chi connectivity index (χ2v) is 9.46. The van der Waals surface area contributed by atoms with Gasteiger partial charge in [0, 0.05) is 25.3 Å². The molecular weight excluding hydrogens is 456 g/mol. The van der Waals surface area contributed by atoms with Crippen molar-refractivity contribution in [2.45, 2.75) is 18.9 Å². The summed E-state index contributed by atoms with van der Waals surface area (Å²) in [6.07, 6.45) is 6.19. The maximum atomic E-state index is 6.16. The van der Waals surface area contributed by atoms with E-state index in [1.54, 1.807) is 12.5 Å². The molecule has 1 N–H and O–H groups in total. The van der Waals surface area contributed by atoms with Crippen LogP contribution >= 0.6 is 0 Å². The quantitative estimate of drug-likeness (QED) is 0.398. The summed E-state index contributed by atoms with van der Waals surface area (Å²) in [7, 11) is 1.98. The lowest BCUT2D eigenvalue weighted by atomic mass is 9.83. The molecule has 2 fully saturated rings. The molecular formula is C26H24N8O2. The molecule has 3 aromatic heterocycles. The number of nitrogens with zero attached hydrogens (tertiary/aromatic N) is 7. The zero-order valence-corrected chi connectivity index (χ0v) is 20.0. The Morgan fingerprint density at radius 2 is 1.94 bits per heavy atom. The molecule has 5 aromatic rings. The number of imidazole rings is 1. The highest BCUT2D eigenvalue weighted by Crippen LogP contribution is 2.40. The Labute approximate surface area is 207 Å². The first kappa shape index (κ1) is 21.0. The van der Waals surface area contributed by atoms with E-state index < -0.39 is 0 Å². The van der Waals surface area contributed by atoms with Crippen molar-refractivity contribution in [3.05, 3.63) is 60.8 Å². The van der Waals surface area contributed by atoms with Gasteiger partial charge in [0.15, 0.2) is 5.82 Å². The Morgan fingerprint density at radius 1 is 1.03 bits per heavy atom. The minimum absolute atomic E-state index is 0.0605. The number of hydrogen-bond donors (Lipinski definition) is 1. The molecule has 36 heavy (non-hydrogen) atoms. The van der Waals surface area contributed by atoms with Crippen LogP contribution in [0, 0.1) is 6.92 Å². The standard InChI is InChI=1S/C26H24N8O2/c1-16-9-17(3-6-22(16)36-18-4-5-21-19(10-18)30-15-33(21)2)31-24-23-20(28-14-29-24)11-27-25(32-23)34-8-7-26(34)12-35-13-26/h3-6,9-11,14-15H,7-8,12-13H2,1-2H3,(H,28,29,31). The molecule has 0 amide bonds. The van der Waals surface area contributed by atoms with Gasteiger partial charge < -0.3 is 24.3 Å². The number of hydrogen-bond acceptors (Lipinski definition) is 9. The van der Waals surface area contributed by atoms with Crippen molar-refractivity contribution in [3.63, 3.8) is 0 Å². The fourth-order valence-electron chi connectivity index (χ4n) is 4.84. The number of rotatable bonds is 5. The monoisotopic (exact) mass is 480 g/mol.